The maximum absolute atomic E-state index is 13.0. The molecule has 0 radical (unpaired) electrons. The van der Waals surface area contributed by atoms with E-state index in [0.29, 0.717) is 13.2 Å². The summed E-state index contributed by atoms with van der Waals surface area (Å²) in [6.45, 7) is 1.22. The Hall–Kier alpha value is -1.93. The summed E-state index contributed by atoms with van der Waals surface area (Å²) in [5.41, 5.74) is 3.48. The standard InChI is InChI=1S/C21H23ClN2O4S/c22-18-9-8-16(14-20(18)29(26,27)24-10-12-28-13-11-24)21(25)23-19-7-3-5-15-4-1-2-6-17(15)19/h3,5,7-9,14H,1-2,4,6,10-13H2,(H,23,25). The van der Waals surface area contributed by atoms with Gasteiger partial charge in [0.25, 0.3) is 5.91 Å². The fourth-order valence-corrected chi connectivity index (χ4v) is 5.77. The van der Waals surface area contributed by atoms with Crippen molar-refractivity contribution in [2.45, 2.75) is 30.6 Å². The number of hydrogen-bond acceptors (Lipinski definition) is 4. The maximum Gasteiger partial charge on any atom is 0.255 e. The molecule has 2 aromatic rings. The highest BCUT2D eigenvalue weighted by molar-refractivity contribution is 7.89. The summed E-state index contributed by atoms with van der Waals surface area (Å²) in [6, 6.07) is 10.3. The molecule has 0 aromatic heterocycles. The van der Waals surface area contributed by atoms with E-state index >= 15 is 0 Å². The molecule has 1 saturated heterocycles. The minimum Gasteiger partial charge on any atom is -0.379 e. The minimum atomic E-state index is -3.79. The first-order chi connectivity index (χ1) is 14.0. The molecule has 0 spiro atoms. The Kier molecular flexibility index (Phi) is 5.92. The predicted molar refractivity (Wildman–Crippen MR) is 112 cm³/mol. The van der Waals surface area contributed by atoms with Gasteiger partial charge in [-0.15, -0.1) is 0 Å². The highest BCUT2D eigenvalue weighted by Crippen LogP contribution is 2.30. The van der Waals surface area contributed by atoms with Gasteiger partial charge < -0.3 is 10.1 Å². The van der Waals surface area contributed by atoms with Crippen molar-refractivity contribution in [3.8, 4) is 0 Å². The fourth-order valence-electron chi connectivity index (χ4n) is 3.86. The van der Waals surface area contributed by atoms with Gasteiger partial charge in [0.15, 0.2) is 0 Å². The number of carbonyl (C=O) groups excluding carboxylic acids is 1. The molecule has 6 nitrogen and oxygen atoms in total. The molecule has 1 aliphatic heterocycles. The van der Waals surface area contributed by atoms with Crippen LogP contribution < -0.4 is 5.32 Å². The second kappa shape index (κ2) is 8.44. The van der Waals surface area contributed by atoms with E-state index in [-0.39, 0.29) is 34.5 Å². The van der Waals surface area contributed by atoms with E-state index in [1.165, 1.54) is 27.6 Å². The minimum absolute atomic E-state index is 0.0520. The molecule has 2 aromatic carbocycles. The SMILES string of the molecule is O=C(Nc1cccc2c1CCCC2)c1ccc(Cl)c(S(=O)(=O)N2CCOCC2)c1. The van der Waals surface area contributed by atoms with Crippen molar-refractivity contribution in [2.75, 3.05) is 31.6 Å². The largest absolute Gasteiger partial charge is 0.379 e. The molecule has 1 heterocycles. The van der Waals surface area contributed by atoms with Crippen LogP contribution in [0.15, 0.2) is 41.3 Å². The summed E-state index contributed by atoms with van der Waals surface area (Å²) < 4.78 is 32.5. The molecule has 0 bridgehead atoms. The van der Waals surface area contributed by atoms with Crippen molar-refractivity contribution >= 4 is 33.2 Å². The number of morpholine rings is 1. The fraction of sp³-hybridized carbons (Fsp3) is 0.381. The summed E-state index contributed by atoms with van der Waals surface area (Å²) in [5.74, 6) is -0.348. The second-order valence-electron chi connectivity index (χ2n) is 7.27. The van der Waals surface area contributed by atoms with Crippen LogP contribution in [-0.2, 0) is 27.6 Å². The number of benzene rings is 2. The lowest BCUT2D eigenvalue weighted by atomic mass is 9.90. The van der Waals surface area contributed by atoms with Crippen molar-refractivity contribution < 1.29 is 17.9 Å². The third-order valence-electron chi connectivity index (χ3n) is 5.43. The van der Waals surface area contributed by atoms with Gasteiger partial charge in [-0.25, -0.2) is 8.42 Å². The van der Waals surface area contributed by atoms with E-state index in [1.54, 1.807) is 6.07 Å². The molecule has 1 N–H and O–H groups in total. The molecule has 154 valence electrons. The Labute approximate surface area is 175 Å². The van der Waals surface area contributed by atoms with Crippen LogP contribution in [0.1, 0.15) is 34.3 Å². The van der Waals surface area contributed by atoms with Crippen LogP contribution in [-0.4, -0.2) is 44.9 Å². The Morgan fingerprint density at radius 3 is 2.62 bits per heavy atom. The van der Waals surface area contributed by atoms with Gasteiger partial charge in [-0.05, 0) is 61.1 Å². The van der Waals surface area contributed by atoms with Crippen LogP contribution in [0, 0.1) is 0 Å². The topological polar surface area (TPSA) is 75.7 Å². The van der Waals surface area contributed by atoms with Crippen LogP contribution in [0.5, 0.6) is 0 Å². The van der Waals surface area contributed by atoms with Crippen LogP contribution >= 0.6 is 11.6 Å². The number of nitrogens with zero attached hydrogens (tertiary/aromatic N) is 1. The lowest BCUT2D eigenvalue weighted by Gasteiger charge is -2.26. The number of nitrogens with one attached hydrogen (secondary N) is 1. The molecule has 1 amide bonds. The highest BCUT2D eigenvalue weighted by Gasteiger charge is 2.29. The molecule has 4 rings (SSSR count). The highest BCUT2D eigenvalue weighted by atomic mass is 35.5. The van der Waals surface area contributed by atoms with Crippen LogP contribution in [0.4, 0.5) is 5.69 Å². The zero-order valence-electron chi connectivity index (χ0n) is 16.0. The first-order valence-electron chi connectivity index (χ1n) is 9.76. The van der Waals surface area contributed by atoms with E-state index in [0.717, 1.165) is 31.4 Å². The molecule has 8 heteroatoms. The van der Waals surface area contributed by atoms with E-state index < -0.39 is 10.0 Å². The number of rotatable bonds is 4. The number of ether oxygens (including phenoxy) is 1. The maximum atomic E-state index is 13.0. The smallest absolute Gasteiger partial charge is 0.255 e. The monoisotopic (exact) mass is 434 g/mol. The number of amides is 1. The number of halogens is 1. The Balaban J connectivity index is 1.61. The molecule has 0 saturated carbocycles. The van der Waals surface area contributed by atoms with Gasteiger partial charge in [-0.2, -0.15) is 4.31 Å². The number of aryl methyl sites for hydroxylation is 1. The summed E-state index contributed by atoms with van der Waals surface area (Å²) >= 11 is 6.19. The van der Waals surface area contributed by atoms with E-state index in [2.05, 4.69) is 11.4 Å². The van der Waals surface area contributed by atoms with E-state index in [9.17, 15) is 13.2 Å². The zero-order chi connectivity index (χ0) is 20.4. The molecule has 1 aliphatic carbocycles. The van der Waals surface area contributed by atoms with Gasteiger partial charge in [-0.1, -0.05) is 23.7 Å². The summed E-state index contributed by atoms with van der Waals surface area (Å²) in [5, 5.41) is 3.06. The quantitative estimate of drug-likeness (QED) is 0.799. The number of hydrogen-bond donors (Lipinski definition) is 1. The molecule has 1 fully saturated rings. The van der Waals surface area contributed by atoms with Crippen LogP contribution in [0.2, 0.25) is 5.02 Å². The average Bonchev–Trinajstić information content (AvgIpc) is 2.75. The average molecular weight is 435 g/mol. The molecule has 29 heavy (non-hydrogen) atoms. The normalized spacial score (nSPS) is 17.6. The molecule has 0 unspecified atom stereocenters. The zero-order valence-corrected chi connectivity index (χ0v) is 17.6. The number of fused-ring (bicyclic) bond motifs is 1. The second-order valence-corrected chi connectivity index (χ2v) is 9.58. The van der Waals surface area contributed by atoms with E-state index in [1.807, 2.05) is 12.1 Å². The van der Waals surface area contributed by atoms with E-state index in [4.69, 9.17) is 16.3 Å². The van der Waals surface area contributed by atoms with Gasteiger partial charge >= 0.3 is 0 Å². The Morgan fingerprint density at radius 2 is 1.83 bits per heavy atom. The first kappa shape index (κ1) is 20.3. The summed E-state index contributed by atoms with van der Waals surface area (Å²) in [6.07, 6.45) is 4.21. The van der Waals surface area contributed by atoms with Crippen molar-refractivity contribution in [3.05, 3.63) is 58.1 Å². The van der Waals surface area contributed by atoms with Crippen molar-refractivity contribution in [1.29, 1.82) is 0 Å². The summed E-state index contributed by atoms with van der Waals surface area (Å²) in [7, 11) is -3.79. The Morgan fingerprint density at radius 1 is 1.07 bits per heavy atom. The van der Waals surface area contributed by atoms with Gasteiger partial charge in [0, 0.05) is 24.3 Å². The van der Waals surface area contributed by atoms with Crippen LogP contribution in [0.3, 0.4) is 0 Å². The molecular weight excluding hydrogens is 412 g/mol. The first-order valence-corrected chi connectivity index (χ1v) is 11.6. The van der Waals surface area contributed by atoms with Gasteiger partial charge in [0.05, 0.1) is 18.2 Å². The predicted octanol–water partition coefficient (Wildman–Crippen LogP) is 3.49. The summed E-state index contributed by atoms with van der Waals surface area (Å²) in [4.78, 5) is 12.8. The lowest BCUT2D eigenvalue weighted by Crippen LogP contribution is -2.40. The Bertz CT molecular complexity index is 1030. The lowest BCUT2D eigenvalue weighted by molar-refractivity contribution is 0.0730. The number of sulfonamides is 1. The molecule has 0 atom stereocenters. The van der Waals surface area contributed by atoms with Gasteiger partial charge in [-0.3, -0.25) is 4.79 Å². The van der Waals surface area contributed by atoms with Gasteiger partial charge in [0.2, 0.25) is 10.0 Å². The van der Waals surface area contributed by atoms with Crippen molar-refractivity contribution in [3.63, 3.8) is 0 Å². The number of anilines is 1. The third-order valence-corrected chi connectivity index (χ3v) is 7.81. The van der Waals surface area contributed by atoms with Crippen molar-refractivity contribution in [2.24, 2.45) is 0 Å². The number of carbonyl (C=O) groups is 1. The van der Waals surface area contributed by atoms with Crippen molar-refractivity contribution in [1.82, 2.24) is 4.31 Å². The molecule has 2 aliphatic rings. The van der Waals surface area contributed by atoms with Gasteiger partial charge in [0.1, 0.15) is 4.90 Å². The molecular formula is C21H23ClN2O4S. The third kappa shape index (κ3) is 4.19. The van der Waals surface area contributed by atoms with Crippen LogP contribution in [0.25, 0.3) is 0 Å².